The largest absolute Gasteiger partial charge is 0.381 e. The molecule has 0 spiro atoms. The van der Waals surface area contributed by atoms with Gasteiger partial charge in [0.15, 0.2) is 0 Å². The van der Waals surface area contributed by atoms with Crippen LogP contribution in [0.2, 0.25) is 0 Å². The van der Waals surface area contributed by atoms with Gasteiger partial charge in [-0.15, -0.1) is 0 Å². The SMILES string of the molecule is CC1(O)c2ccccc2-c2nc3ccccc3cc21. The van der Waals surface area contributed by atoms with E-state index < -0.39 is 5.60 Å². The zero-order chi connectivity index (χ0) is 13.0. The van der Waals surface area contributed by atoms with E-state index in [1.54, 1.807) is 0 Å². The highest BCUT2D eigenvalue weighted by molar-refractivity contribution is 5.87. The summed E-state index contributed by atoms with van der Waals surface area (Å²) in [4.78, 5) is 4.73. The van der Waals surface area contributed by atoms with Crippen molar-refractivity contribution in [2.75, 3.05) is 0 Å². The summed E-state index contributed by atoms with van der Waals surface area (Å²) in [5, 5.41) is 11.9. The van der Waals surface area contributed by atoms with Gasteiger partial charge in [0.1, 0.15) is 5.60 Å². The molecule has 1 aliphatic carbocycles. The van der Waals surface area contributed by atoms with Crippen LogP contribution in [-0.2, 0) is 5.60 Å². The normalized spacial score (nSPS) is 20.3. The Morgan fingerprint density at radius 1 is 0.947 bits per heavy atom. The summed E-state index contributed by atoms with van der Waals surface area (Å²) in [6, 6.07) is 18.0. The predicted octanol–water partition coefficient (Wildman–Crippen LogP) is 3.47. The van der Waals surface area contributed by atoms with E-state index in [2.05, 4.69) is 6.07 Å². The van der Waals surface area contributed by atoms with Crippen molar-refractivity contribution in [1.29, 1.82) is 0 Å². The Hall–Kier alpha value is -2.19. The number of pyridine rings is 1. The first kappa shape index (κ1) is 10.7. The molecular formula is C17H13NO. The molecule has 1 N–H and O–H groups in total. The third-order valence-corrected chi connectivity index (χ3v) is 3.96. The average molecular weight is 247 g/mol. The third kappa shape index (κ3) is 1.32. The van der Waals surface area contributed by atoms with Gasteiger partial charge in [-0.1, -0.05) is 42.5 Å². The second-order valence-electron chi connectivity index (χ2n) is 5.20. The van der Waals surface area contributed by atoms with Gasteiger partial charge in [0, 0.05) is 16.5 Å². The average Bonchev–Trinajstić information content (AvgIpc) is 2.66. The number of hydrogen-bond donors (Lipinski definition) is 1. The standard InChI is InChI=1S/C17H13NO/c1-17(19)13-8-4-3-7-12(13)16-14(17)10-11-6-2-5-9-15(11)18-16/h2-10,19H,1H3. The highest BCUT2D eigenvalue weighted by atomic mass is 16.3. The van der Waals surface area contributed by atoms with Crippen molar-refractivity contribution in [3.63, 3.8) is 0 Å². The smallest absolute Gasteiger partial charge is 0.115 e. The molecule has 0 saturated carbocycles. The van der Waals surface area contributed by atoms with Crippen LogP contribution < -0.4 is 0 Å². The topological polar surface area (TPSA) is 33.1 Å². The van der Waals surface area contributed by atoms with Gasteiger partial charge in [-0.25, -0.2) is 4.98 Å². The van der Waals surface area contributed by atoms with Crippen LogP contribution in [0.25, 0.3) is 22.2 Å². The van der Waals surface area contributed by atoms with E-state index in [1.807, 2.05) is 55.5 Å². The van der Waals surface area contributed by atoms with E-state index in [1.165, 1.54) is 0 Å². The van der Waals surface area contributed by atoms with Crippen molar-refractivity contribution in [1.82, 2.24) is 4.98 Å². The molecule has 1 atom stereocenters. The van der Waals surface area contributed by atoms with E-state index in [0.717, 1.165) is 33.3 Å². The zero-order valence-corrected chi connectivity index (χ0v) is 10.6. The second kappa shape index (κ2) is 3.43. The molecule has 1 heterocycles. The highest BCUT2D eigenvalue weighted by Gasteiger charge is 2.38. The Morgan fingerprint density at radius 2 is 1.68 bits per heavy atom. The number of para-hydroxylation sites is 1. The second-order valence-corrected chi connectivity index (χ2v) is 5.20. The van der Waals surface area contributed by atoms with E-state index >= 15 is 0 Å². The van der Waals surface area contributed by atoms with Crippen molar-refractivity contribution in [3.05, 3.63) is 65.7 Å². The van der Waals surface area contributed by atoms with Crippen LogP contribution in [0.15, 0.2) is 54.6 Å². The lowest BCUT2D eigenvalue weighted by Gasteiger charge is -2.19. The molecule has 19 heavy (non-hydrogen) atoms. The van der Waals surface area contributed by atoms with E-state index in [0.29, 0.717) is 0 Å². The molecule has 3 aromatic rings. The number of aromatic nitrogens is 1. The minimum absolute atomic E-state index is 0.896. The lowest BCUT2D eigenvalue weighted by atomic mass is 9.94. The molecule has 0 radical (unpaired) electrons. The van der Waals surface area contributed by atoms with Crippen molar-refractivity contribution >= 4 is 10.9 Å². The van der Waals surface area contributed by atoms with Gasteiger partial charge in [-0.05, 0) is 24.6 Å². The summed E-state index contributed by atoms with van der Waals surface area (Å²) in [6.45, 7) is 1.84. The van der Waals surface area contributed by atoms with Gasteiger partial charge in [0.05, 0.1) is 11.2 Å². The van der Waals surface area contributed by atoms with Crippen LogP contribution in [0.1, 0.15) is 18.1 Å². The first-order valence-electron chi connectivity index (χ1n) is 6.40. The van der Waals surface area contributed by atoms with Crippen LogP contribution in [0.5, 0.6) is 0 Å². The van der Waals surface area contributed by atoms with Crippen LogP contribution in [-0.4, -0.2) is 10.1 Å². The fourth-order valence-electron chi connectivity index (χ4n) is 2.95. The van der Waals surface area contributed by atoms with Gasteiger partial charge in [0.2, 0.25) is 0 Å². The van der Waals surface area contributed by atoms with Crippen molar-refractivity contribution in [2.24, 2.45) is 0 Å². The number of benzene rings is 2. The first-order chi connectivity index (χ1) is 9.18. The quantitative estimate of drug-likeness (QED) is 0.660. The maximum Gasteiger partial charge on any atom is 0.115 e. The number of rotatable bonds is 0. The monoisotopic (exact) mass is 247 g/mol. The lowest BCUT2D eigenvalue weighted by Crippen LogP contribution is -2.19. The minimum Gasteiger partial charge on any atom is -0.381 e. The first-order valence-corrected chi connectivity index (χ1v) is 6.40. The molecule has 92 valence electrons. The zero-order valence-electron chi connectivity index (χ0n) is 10.6. The minimum atomic E-state index is -0.955. The van der Waals surface area contributed by atoms with Crippen molar-refractivity contribution in [3.8, 4) is 11.3 Å². The molecule has 2 heteroatoms. The molecule has 0 amide bonds. The molecule has 1 aliphatic rings. The van der Waals surface area contributed by atoms with Gasteiger partial charge in [-0.2, -0.15) is 0 Å². The van der Waals surface area contributed by atoms with Crippen LogP contribution >= 0.6 is 0 Å². The lowest BCUT2D eigenvalue weighted by molar-refractivity contribution is 0.107. The summed E-state index contributed by atoms with van der Waals surface area (Å²) >= 11 is 0. The van der Waals surface area contributed by atoms with Crippen LogP contribution in [0, 0.1) is 0 Å². The predicted molar refractivity (Wildman–Crippen MR) is 75.9 cm³/mol. The summed E-state index contributed by atoms with van der Waals surface area (Å²) in [5.74, 6) is 0. The van der Waals surface area contributed by atoms with Gasteiger partial charge in [-0.3, -0.25) is 0 Å². The van der Waals surface area contributed by atoms with Crippen LogP contribution in [0.3, 0.4) is 0 Å². The molecule has 0 aliphatic heterocycles. The number of hydrogen-bond acceptors (Lipinski definition) is 2. The maximum absolute atomic E-state index is 10.8. The molecule has 4 rings (SSSR count). The molecule has 1 aromatic heterocycles. The van der Waals surface area contributed by atoms with E-state index in [9.17, 15) is 5.11 Å². The summed E-state index contributed by atoms with van der Waals surface area (Å²) in [6.07, 6.45) is 0. The molecule has 2 aromatic carbocycles. The Morgan fingerprint density at radius 3 is 2.58 bits per heavy atom. The third-order valence-electron chi connectivity index (χ3n) is 3.96. The molecule has 2 nitrogen and oxygen atoms in total. The summed E-state index contributed by atoms with van der Waals surface area (Å²) < 4.78 is 0. The summed E-state index contributed by atoms with van der Waals surface area (Å²) in [5.41, 5.74) is 3.78. The Kier molecular flexibility index (Phi) is 1.93. The summed E-state index contributed by atoms with van der Waals surface area (Å²) in [7, 11) is 0. The van der Waals surface area contributed by atoms with Crippen LogP contribution in [0.4, 0.5) is 0 Å². The highest BCUT2D eigenvalue weighted by Crippen LogP contribution is 2.46. The number of nitrogens with zero attached hydrogens (tertiary/aromatic N) is 1. The maximum atomic E-state index is 10.8. The van der Waals surface area contributed by atoms with Gasteiger partial charge >= 0.3 is 0 Å². The number of fused-ring (bicyclic) bond motifs is 4. The van der Waals surface area contributed by atoms with Gasteiger partial charge < -0.3 is 5.11 Å². The van der Waals surface area contributed by atoms with Crippen molar-refractivity contribution < 1.29 is 5.11 Å². The molecule has 1 unspecified atom stereocenters. The molecule has 0 saturated heterocycles. The van der Waals surface area contributed by atoms with Crippen molar-refractivity contribution in [2.45, 2.75) is 12.5 Å². The Labute approximate surface area is 111 Å². The Bertz CT molecular complexity index is 805. The fraction of sp³-hybridized carbons (Fsp3) is 0.118. The molecular weight excluding hydrogens is 234 g/mol. The fourth-order valence-corrected chi connectivity index (χ4v) is 2.95. The number of aliphatic hydroxyl groups is 1. The Balaban J connectivity index is 2.15. The van der Waals surface area contributed by atoms with E-state index in [-0.39, 0.29) is 0 Å². The van der Waals surface area contributed by atoms with Gasteiger partial charge in [0.25, 0.3) is 0 Å². The molecule has 0 fully saturated rings. The molecule has 0 bridgehead atoms. The van der Waals surface area contributed by atoms with E-state index in [4.69, 9.17) is 4.98 Å².